The Morgan fingerprint density at radius 2 is 1.41 bits per heavy atom. The third-order valence-corrected chi connectivity index (χ3v) is 2.18. The van der Waals surface area contributed by atoms with Gasteiger partial charge in [-0.25, -0.2) is 4.21 Å². The minimum atomic E-state index is -2.47. The molecule has 0 N–H and O–H groups in total. The summed E-state index contributed by atoms with van der Waals surface area (Å²) < 4.78 is 24.2. The Morgan fingerprint density at radius 1 is 0.941 bits per heavy atom. The van der Waals surface area contributed by atoms with Gasteiger partial charge in [0.2, 0.25) is 0 Å². The first-order chi connectivity index (χ1) is 8.18. The van der Waals surface area contributed by atoms with E-state index in [1.54, 1.807) is 30.3 Å². The van der Waals surface area contributed by atoms with E-state index in [-0.39, 0.29) is 0 Å². The van der Waals surface area contributed by atoms with Crippen LogP contribution in [-0.2, 0) is 11.4 Å². The second-order valence-electron chi connectivity index (χ2n) is 3.26. The van der Waals surface area contributed by atoms with Crippen molar-refractivity contribution in [1.82, 2.24) is 0 Å². The first-order valence-corrected chi connectivity index (χ1v) is 6.03. The standard InChI is InChI=1S/C7H8.C6H6O3S/c1-7-5-3-2-4-6-7;7-10(8)9-6-4-2-1-3-5-6/h2-6H,1H3;1-5H,(H,7,8)/p-1. The van der Waals surface area contributed by atoms with Gasteiger partial charge in [-0.15, -0.1) is 0 Å². The maximum atomic E-state index is 9.95. The quantitative estimate of drug-likeness (QED) is 0.769. The molecule has 1 atom stereocenters. The van der Waals surface area contributed by atoms with E-state index in [2.05, 4.69) is 23.2 Å². The molecule has 2 rings (SSSR count). The Morgan fingerprint density at radius 3 is 1.76 bits per heavy atom. The summed E-state index contributed by atoms with van der Waals surface area (Å²) in [4.78, 5) is 0. The van der Waals surface area contributed by atoms with Gasteiger partial charge in [0, 0.05) is 0 Å². The zero-order valence-corrected chi connectivity index (χ0v) is 10.2. The second-order valence-corrected chi connectivity index (χ2v) is 3.83. The molecule has 0 aliphatic rings. The minimum absolute atomic E-state index is 0.329. The van der Waals surface area contributed by atoms with Crippen molar-refractivity contribution < 1.29 is 12.9 Å². The lowest BCUT2D eigenvalue weighted by molar-refractivity contribution is 0.440. The number of para-hydroxylation sites is 1. The summed E-state index contributed by atoms with van der Waals surface area (Å²) in [6, 6.07) is 18.6. The number of benzene rings is 2. The van der Waals surface area contributed by atoms with Gasteiger partial charge < -0.3 is 8.74 Å². The van der Waals surface area contributed by atoms with Gasteiger partial charge in [-0.3, -0.25) is 0 Å². The Labute approximate surface area is 104 Å². The van der Waals surface area contributed by atoms with Crippen LogP contribution in [0.4, 0.5) is 0 Å². The molecule has 4 heteroatoms. The average molecular weight is 249 g/mol. The largest absolute Gasteiger partial charge is 0.740 e. The molecule has 0 heterocycles. The van der Waals surface area contributed by atoms with Crippen molar-refractivity contribution >= 4 is 11.4 Å². The third-order valence-electron chi connectivity index (χ3n) is 1.85. The molecular weight excluding hydrogens is 236 g/mol. The third kappa shape index (κ3) is 6.50. The van der Waals surface area contributed by atoms with Crippen LogP contribution in [0.25, 0.3) is 0 Å². The van der Waals surface area contributed by atoms with E-state index in [9.17, 15) is 8.76 Å². The maximum Gasteiger partial charge on any atom is 0.139 e. The summed E-state index contributed by atoms with van der Waals surface area (Å²) >= 11 is -2.47. The molecule has 0 radical (unpaired) electrons. The van der Waals surface area contributed by atoms with Crippen LogP contribution in [0.5, 0.6) is 5.75 Å². The Kier molecular flexibility index (Phi) is 5.99. The molecule has 90 valence electrons. The highest BCUT2D eigenvalue weighted by Gasteiger charge is 1.87. The van der Waals surface area contributed by atoms with Crippen LogP contribution in [0, 0.1) is 6.92 Å². The fraction of sp³-hybridized carbons (Fsp3) is 0.0769. The predicted molar refractivity (Wildman–Crippen MR) is 67.2 cm³/mol. The normalized spacial score (nSPS) is 10.9. The van der Waals surface area contributed by atoms with Gasteiger partial charge in [0.05, 0.1) is 0 Å². The highest BCUT2D eigenvalue weighted by atomic mass is 32.2. The van der Waals surface area contributed by atoms with Crippen LogP contribution in [-0.4, -0.2) is 8.76 Å². The number of rotatable bonds is 2. The van der Waals surface area contributed by atoms with E-state index in [1.807, 2.05) is 18.2 Å². The molecule has 0 aromatic heterocycles. The monoisotopic (exact) mass is 249 g/mol. The van der Waals surface area contributed by atoms with Crippen molar-refractivity contribution in [3.63, 3.8) is 0 Å². The summed E-state index contributed by atoms with van der Waals surface area (Å²) in [6.07, 6.45) is 0. The van der Waals surface area contributed by atoms with Crippen molar-refractivity contribution in [2.24, 2.45) is 0 Å². The van der Waals surface area contributed by atoms with Gasteiger partial charge >= 0.3 is 0 Å². The van der Waals surface area contributed by atoms with Gasteiger partial charge in [0.1, 0.15) is 17.1 Å². The maximum absolute atomic E-state index is 9.95. The van der Waals surface area contributed by atoms with E-state index in [1.165, 1.54) is 5.56 Å². The van der Waals surface area contributed by atoms with E-state index >= 15 is 0 Å². The van der Waals surface area contributed by atoms with Crippen LogP contribution in [0.15, 0.2) is 60.7 Å². The summed E-state index contributed by atoms with van der Waals surface area (Å²) in [6.45, 7) is 2.08. The summed E-state index contributed by atoms with van der Waals surface area (Å²) in [5, 5.41) is 0. The highest BCUT2D eigenvalue weighted by molar-refractivity contribution is 7.74. The van der Waals surface area contributed by atoms with Crippen molar-refractivity contribution in [2.75, 3.05) is 0 Å². The topological polar surface area (TPSA) is 49.4 Å². The van der Waals surface area contributed by atoms with Gasteiger partial charge in [0.25, 0.3) is 0 Å². The van der Waals surface area contributed by atoms with E-state index < -0.39 is 11.4 Å². The molecule has 0 saturated heterocycles. The predicted octanol–water partition coefficient (Wildman–Crippen LogP) is 2.85. The molecule has 3 nitrogen and oxygen atoms in total. The molecule has 0 saturated carbocycles. The molecule has 1 unspecified atom stereocenters. The molecule has 0 aliphatic carbocycles. The van der Waals surface area contributed by atoms with Crippen molar-refractivity contribution in [2.45, 2.75) is 6.92 Å². The van der Waals surface area contributed by atoms with Crippen LogP contribution < -0.4 is 4.18 Å². The van der Waals surface area contributed by atoms with Gasteiger partial charge in [-0.05, 0) is 19.1 Å². The van der Waals surface area contributed by atoms with Gasteiger partial charge in [0.15, 0.2) is 0 Å². The summed E-state index contributed by atoms with van der Waals surface area (Å²) in [5.74, 6) is 0.329. The van der Waals surface area contributed by atoms with Crippen LogP contribution in [0.2, 0.25) is 0 Å². The summed E-state index contributed by atoms with van der Waals surface area (Å²) in [5.41, 5.74) is 1.32. The molecule has 0 bridgehead atoms. The van der Waals surface area contributed by atoms with E-state index in [0.29, 0.717) is 5.75 Å². The van der Waals surface area contributed by atoms with Crippen LogP contribution in [0.1, 0.15) is 5.56 Å². The lowest BCUT2D eigenvalue weighted by atomic mass is 10.2. The zero-order valence-electron chi connectivity index (χ0n) is 9.41. The second kappa shape index (κ2) is 7.60. The Balaban J connectivity index is 0.000000181. The SMILES string of the molecule is Cc1ccccc1.O=S([O-])Oc1ccccc1. The van der Waals surface area contributed by atoms with Crippen molar-refractivity contribution in [3.8, 4) is 5.75 Å². The smallest absolute Gasteiger partial charge is 0.139 e. The fourth-order valence-corrected chi connectivity index (χ4v) is 1.36. The zero-order chi connectivity index (χ0) is 12.5. The lowest BCUT2D eigenvalue weighted by Crippen LogP contribution is -1.96. The fourth-order valence-electron chi connectivity index (χ4n) is 1.09. The average Bonchev–Trinajstić information content (AvgIpc) is 2.31. The molecular formula is C13H13O3S-. The number of hydrogen-bond acceptors (Lipinski definition) is 3. The van der Waals surface area contributed by atoms with Gasteiger partial charge in [-0.2, -0.15) is 0 Å². The van der Waals surface area contributed by atoms with Crippen LogP contribution >= 0.6 is 0 Å². The molecule has 0 fully saturated rings. The van der Waals surface area contributed by atoms with E-state index in [4.69, 9.17) is 0 Å². The minimum Gasteiger partial charge on any atom is -0.740 e. The van der Waals surface area contributed by atoms with Gasteiger partial charge in [-0.1, -0.05) is 54.1 Å². The molecule has 0 amide bonds. The Bertz CT molecular complexity index is 443. The molecule has 0 aliphatic heterocycles. The molecule has 17 heavy (non-hydrogen) atoms. The first-order valence-electron chi connectivity index (χ1n) is 5.03. The molecule has 2 aromatic carbocycles. The van der Waals surface area contributed by atoms with E-state index in [0.717, 1.165) is 0 Å². The van der Waals surface area contributed by atoms with Crippen LogP contribution in [0.3, 0.4) is 0 Å². The number of aryl methyl sites for hydroxylation is 1. The highest BCUT2D eigenvalue weighted by Crippen LogP contribution is 2.08. The lowest BCUT2D eigenvalue weighted by Gasteiger charge is -2.05. The Hall–Kier alpha value is -1.65. The first kappa shape index (κ1) is 13.4. The van der Waals surface area contributed by atoms with Crippen molar-refractivity contribution in [3.05, 3.63) is 66.2 Å². The molecule has 2 aromatic rings. The van der Waals surface area contributed by atoms with Crippen molar-refractivity contribution in [1.29, 1.82) is 0 Å². The summed E-state index contributed by atoms with van der Waals surface area (Å²) in [7, 11) is 0. The number of hydrogen-bond donors (Lipinski definition) is 0. The molecule has 0 spiro atoms.